The molecule has 0 saturated carbocycles. The molecule has 0 spiro atoms. The summed E-state index contributed by atoms with van der Waals surface area (Å²) in [5, 5.41) is 0. The maximum absolute atomic E-state index is 10.7. The summed E-state index contributed by atoms with van der Waals surface area (Å²) < 4.78 is 9.49. The van der Waals surface area contributed by atoms with Gasteiger partial charge in [0.15, 0.2) is 0 Å². The van der Waals surface area contributed by atoms with Crippen LogP contribution >= 0.6 is 22.6 Å². The normalized spacial score (nSPS) is 10.8. The lowest BCUT2D eigenvalue weighted by Crippen LogP contribution is -2.04. The van der Waals surface area contributed by atoms with Gasteiger partial charge in [-0.1, -0.05) is 22.6 Å². The van der Waals surface area contributed by atoms with Gasteiger partial charge in [-0.05, 0) is 0 Å². The number of hydrogen-bond donors (Lipinski definition) is 0. The van der Waals surface area contributed by atoms with E-state index in [-0.39, 0.29) is 0 Å². The Morgan fingerprint density at radius 3 is 2.42 bits per heavy atom. The number of esters is 2. The molecule has 12 heavy (non-hydrogen) atoms. The van der Waals surface area contributed by atoms with Gasteiger partial charge in [0.05, 0.1) is 17.6 Å². The van der Waals surface area contributed by atoms with Gasteiger partial charge in [-0.15, -0.1) is 0 Å². The van der Waals surface area contributed by atoms with Crippen LogP contribution in [0.1, 0.15) is 6.92 Å². The Balaban J connectivity index is 4.22. The molecule has 0 bridgehead atoms. The van der Waals surface area contributed by atoms with Gasteiger partial charge in [0, 0.05) is 6.92 Å². The first-order valence-corrected chi connectivity index (χ1v) is 4.65. The zero-order chi connectivity index (χ0) is 9.56. The lowest BCUT2D eigenvalue weighted by Gasteiger charge is -2.01. The molecule has 0 atom stereocenters. The molecule has 0 aromatic rings. The van der Waals surface area contributed by atoms with Crippen molar-refractivity contribution in [3.05, 3.63) is 11.8 Å². The van der Waals surface area contributed by atoms with Crippen LogP contribution in [0.3, 0.4) is 0 Å². The predicted molar refractivity (Wildman–Crippen MR) is 50.8 cm³/mol. The van der Waals surface area contributed by atoms with Crippen molar-refractivity contribution in [2.75, 3.05) is 11.5 Å². The smallest absolute Gasteiger partial charge is 0.333 e. The topological polar surface area (TPSA) is 52.6 Å². The lowest BCUT2D eigenvalue weighted by molar-refractivity contribution is -0.137. The van der Waals surface area contributed by atoms with Gasteiger partial charge in [-0.2, -0.15) is 0 Å². The van der Waals surface area contributed by atoms with Gasteiger partial charge in [-0.3, -0.25) is 4.79 Å². The molecule has 0 unspecified atom stereocenters. The van der Waals surface area contributed by atoms with Crippen molar-refractivity contribution in [1.29, 1.82) is 0 Å². The minimum absolute atomic E-state index is 0.301. The Hall–Kier alpha value is -0.590. The molecule has 0 rings (SSSR count). The molecule has 0 aliphatic carbocycles. The molecule has 4 nitrogen and oxygen atoms in total. The number of carbonyl (C=O) groups is 2. The first-order valence-electron chi connectivity index (χ1n) is 3.13. The summed E-state index contributed by atoms with van der Waals surface area (Å²) >= 11 is 1.98. The van der Waals surface area contributed by atoms with Gasteiger partial charge in [0.25, 0.3) is 0 Å². The number of allylic oxidation sites excluding steroid dienone is 1. The zero-order valence-corrected chi connectivity index (χ0v) is 8.95. The van der Waals surface area contributed by atoms with E-state index >= 15 is 0 Å². The first kappa shape index (κ1) is 11.4. The third-order valence-electron chi connectivity index (χ3n) is 0.887. The van der Waals surface area contributed by atoms with E-state index in [4.69, 9.17) is 0 Å². The Bertz CT molecular complexity index is 209. The molecule has 5 heteroatoms. The van der Waals surface area contributed by atoms with Gasteiger partial charge < -0.3 is 9.47 Å². The molecule has 0 aromatic heterocycles. The second-order valence-corrected chi connectivity index (χ2v) is 2.62. The Morgan fingerprint density at radius 1 is 1.50 bits per heavy atom. The third-order valence-corrected chi connectivity index (χ3v) is 1.64. The van der Waals surface area contributed by atoms with Crippen LogP contribution in [0, 0.1) is 0 Å². The van der Waals surface area contributed by atoms with Crippen molar-refractivity contribution in [2.45, 2.75) is 6.92 Å². The van der Waals surface area contributed by atoms with Crippen molar-refractivity contribution < 1.29 is 19.1 Å². The second kappa shape index (κ2) is 5.99. The molecule has 0 aliphatic rings. The molecule has 0 fully saturated rings. The minimum atomic E-state index is -0.525. The molecule has 0 saturated heterocycles. The summed E-state index contributed by atoms with van der Waals surface area (Å²) in [5.41, 5.74) is 0. The molecule has 0 N–H and O–H groups in total. The summed E-state index contributed by atoms with van der Waals surface area (Å²) in [6.45, 7) is 1.28. The molecule has 0 heterocycles. The molecule has 0 aliphatic heterocycles. The highest BCUT2D eigenvalue weighted by Crippen LogP contribution is 2.03. The maximum Gasteiger partial charge on any atom is 0.333 e. The fourth-order valence-corrected chi connectivity index (χ4v) is 0.846. The number of hydrogen-bond acceptors (Lipinski definition) is 4. The van der Waals surface area contributed by atoms with Crippen molar-refractivity contribution >= 4 is 34.5 Å². The average molecular weight is 284 g/mol. The molecule has 0 amide bonds. The Labute approximate surface area is 84.1 Å². The molecular formula is C7H9IO4. The van der Waals surface area contributed by atoms with Crippen LogP contribution in [-0.2, 0) is 19.1 Å². The number of carbonyl (C=O) groups excluding carboxylic acids is 2. The van der Waals surface area contributed by atoms with E-state index in [2.05, 4.69) is 9.47 Å². The van der Waals surface area contributed by atoms with Crippen molar-refractivity contribution in [3.63, 3.8) is 0 Å². The molecular weight excluding hydrogens is 275 g/mol. The largest absolute Gasteiger partial charge is 0.466 e. The first-order chi connectivity index (χ1) is 5.60. The summed E-state index contributed by atoms with van der Waals surface area (Å²) in [7, 11) is 1.26. The standard InChI is InChI=1S/C7H9IO4/c1-5(9)12-6(4-8)3-7(10)11-2/h3H,4H2,1-2H3/b6-3-. The SMILES string of the molecule is COC(=O)/C=C(/CI)OC(C)=O. The van der Waals surface area contributed by atoms with E-state index in [1.54, 1.807) is 0 Å². The van der Waals surface area contributed by atoms with E-state index in [1.807, 2.05) is 22.6 Å². The number of halogens is 1. The van der Waals surface area contributed by atoms with Crippen molar-refractivity contribution in [3.8, 4) is 0 Å². The summed E-state index contributed by atoms with van der Waals surface area (Å²) in [6, 6.07) is 0. The monoisotopic (exact) mass is 284 g/mol. The summed E-state index contributed by atoms with van der Waals surface area (Å²) in [4.78, 5) is 21.1. The van der Waals surface area contributed by atoms with Crippen LogP contribution in [0.15, 0.2) is 11.8 Å². The highest BCUT2D eigenvalue weighted by atomic mass is 127. The quantitative estimate of drug-likeness (QED) is 0.255. The van der Waals surface area contributed by atoms with Gasteiger partial charge in [0.1, 0.15) is 5.76 Å². The fraction of sp³-hybridized carbons (Fsp3) is 0.429. The number of ether oxygens (including phenoxy) is 2. The molecule has 0 radical (unpaired) electrons. The van der Waals surface area contributed by atoms with Crippen LogP contribution < -0.4 is 0 Å². The van der Waals surface area contributed by atoms with Crippen molar-refractivity contribution in [1.82, 2.24) is 0 Å². The number of methoxy groups -OCH3 is 1. The van der Waals surface area contributed by atoms with Crippen LogP contribution in [0.4, 0.5) is 0 Å². The highest BCUT2D eigenvalue weighted by Gasteiger charge is 2.03. The van der Waals surface area contributed by atoms with E-state index in [9.17, 15) is 9.59 Å². The summed E-state index contributed by atoms with van der Waals surface area (Å²) in [5.74, 6) is -0.667. The van der Waals surface area contributed by atoms with Crippen LogP contribution in [0.25, 0.3) is 0 Å². The molecule has 68 valence electrons. The van der Waals surface area contributed by atoms with Crippen LogP contribution in [-0.4, -0.2) is 23.5 Å². The maximum atomic E-state index is 10.7. The number of rotatable bonds is 3. The van der Waals surface area contributed by atoms with Crippen molar-refractivity contribution in [2.24, 2.45) is 0 Å². The van der Waals surface area contributed by atoms with Gasteiger partial charge in [-0.25, -0.2) is 4.79 Å². The lowest BCUT2D eigenvalue weighted by atomic mass is 10.5. The predicted octanol–water partition coefficient (Wildman–Crippen LogP) is 1.04. The van der Waals surface area contributed by atoms with E-state index in [0.717, 1.165) is 6.08 Å². The van der Waals surface area contributed by atoms with Gasteiger partial charge in [0.2, 0.25) is 0 Å². The minimum Gasteiger partial charge on any atom is -0.466 e. The molecule has 0 aromatic carbocycles. The van der Waals surface area contributed by atoms with Crippen LogP contribution in [0.5, 0.6) is 0 Å². The fourth-order valence-electron chi connectivity index (χ4n) is 0.470. The third kappa shape index (κ3) is 5.11. The van der Waals surface area contributed by atoms with Gasteiger partial charge >= 0.3 is 11.9 Å². The summed E-state index contributed by atoms with van der Waals surface area (Å²) in [6.07, 6.45) is 1.15. The van der Waals surface area contributed by atoms with E-state index in [1.165, 1.54) is 14.0 Å². The Morgan fingerprint density at radius 2 is 2.08 bits per heavy atom. The zero-order valence-electron chi connectivity index (χ0n) is 6.80. The second-order valence-electron chi connectivity index (χ2n) is 1.86. The number of alkyl halides is 1. The highest BCUT2D eigenvalue weighted by molar-refractivity contribution is 14.1. The van der Waals surface area contributed by atoms with Crippen LogP contribution in [0.2, 0.25) is 0 Å². The Kier molecular flexibility index (Phi) is 5.69. The average Bonchev–Trinajstić information content (AvgIpc) is 2.02. The van der Waals surface area contributed by atoms with E-state index < -0.39 is 11.9 Å². The van der Waals surface area contributed by atoms with E-state index in [0.29, 0.717) is 10.2 Å².